The minimum atomic E-state index is -2.32. The molecule has 2 amide bonds. The summed E-state index contributed by atoms with van der Waals surface area (Å²) in [5.74, 6) is 1.39. The third kappa shape index (κ3) is 5.13. The summed E-state index contributed by atoms with van der Waals surface area (Å²) >= 11 is 0. The van der Waals surface area contributed by atoms with Crippen LogP contribution in [0.1, 0.15) is 32.6 Å². The first-order valence-corrected chi connectivity index (χ1v) is 13.2. The van der Waals surface area contributed by atoms with Crippen LogP contribution < -0.4 is 15.1 Å². The largest absolute Gasteiger partial charge is 0.442 e. The lowest BCUT2D eigenvalue weighted by molar-refractivity contribution is -0.121. The van der Waals surface area contributed by atoms with Gasteiger partial charge in [-0.3, -0.25) is 18.8 Å². The van der Waals surface area contributed by atoms with E-state index in [1.165, 1.54) is 11.0 Å². The zero-order valence-corrected chi connectivity index (χ0v) is 19.2. The number of amides is 2. The summed E-state index contributed by atoms with van der Waals surface area (Å²) < 4.78 is 39.5. The summed E-state index contributed by atoms with van der Waals surface area (Å²) in [6, 6.07) is 4.79. The van der Waals surface area contributed by atoms with E-state index in [4.69, 9.17) is 4.74 Å². The number of benzene rings is 1. The lowest BCUT2D eigenvalue weighted by Crippen LogP contribution is -2.43. The Morgan fingerprint density at radius 2 is 1.97 bits per heavy atom. The number of hydrogen-bond acceptors (Lipinski definition) is 6. The van der Waals surface area contributed by atoms with Crippen LogP contribution in [0, 0.1) is 17.7 Å². The molecule has 3 saturated heterocycles. The standard InChI is InChI=1S/C22H32FN3O5S/c1-2-3-21(27)24-11-18-12-26(22(28)31-18)17-4-5-20(19(23)10-17)25-8-6-15(7-9-25)16-13-32(29,30)14-16/h4-5,10,15-16,18,29-30H,2-3,6-9,11-14H2,1H3,(H,24,27). The van der Waals surface area contributed by atoms with Crippen LogP contribution in [0.4, 0.5) is 20.6 Å². The molecule has 0 bridgehead atoms. The van der Waals surface area contributed by atoms with E-state index >= 15 is 0 Å². The zero-order chi connectivity index (χ0) is 22.9. The van der Waals surface area contributed by atoms with Crippen molar-refractivity contribution in [3.05, 3.63) is 24.0 Å². The van der Waals surface area contributed by atoms with Gasteiger partial charge in [0.05, 0.1) is 24.5 Å². The number of halogens is 1. The number of ether oxygens (including phenoxy) is 1. The van der Waals surface area contributed by atoms with Crippen molar-refractivity contribution in [2.45, 2.75) is 38.7 Å². The monoisotopic (exact) mass is 469 g/mol. The van der Waals surface area contributed by atoms with Crippen LogP contribution in [-0.2, 0) is 9.53 Å². The van der Waals surface area contributed by atoms with Gasteiger partial charge in [0.15, 0.2) is 0 Å². The molecule has 3 heterocycles. The minimum Gasteiger partial charge on any atom is -0.442 e. The van der Waals surface area contributed by atoms with Crippen molar-refractivity contribution < 1.29 is 27.8 Å². The van der Waals surface area contributed by atoms with Gasteiger partial charge < -0.3 is 15.0 Å². The van der Waals surface area contributed by atoms with E-state index in [1.807, 2.05) is 11.8 Å². The van der Waals surface area contributed by atoms with Crippen LogP contribution in [0.15, 0.2) is 18.2 Å². The maximum absolute atomic E-state index is 14.9. The molecule has 4 rings (SSSR count). The molecule has 3 aliphatic rings. The van der Waals surface area contributed by atoms with Crippen molar-refractivity contribution in [3.8, 4) is 0 Å². The zero-order valence-electron chi connectivity index (χ0n) is 18.3. The van der Waals surface area contributed by atoms with Crippen molar-refractivity contribution in [1.29, 1.82) is 0 Å². The molecule has 3 fully saturated rings. The highest BCUT2D eigenvalue weighted by atomic mass is 32.3. The Morgan fingerprint density at radius 1 is 1.25 bits per heavy atom. The minimum absolute atomic E-state index is 0.0771. The summed E-state index contributed by atoms with van der Waals surface area (Å²) in [6.07, 6.45) is 1.99. The first-order valence-electron chi connectivity index (χ1n) is 11.3. The molecule has 10 heteroatoms. The van der Waals surface area contributed by atoms with Gasteiger partial charge in [-0.1, -0.05) is 6.92 Å². The fourth-order valence-corrected chi connectivity index (χ4v) is 6.64. The number of carbonyl (C=O) groups is 2. The molecule has 0 radical (unpaired) electrons. The molecule has 0 saturated carbocycles. The molecular weight excluding hydrogens is 437 g/mol. The molecule has 1 aromatic rings. The van der Waals surface area contributed by atoms with Crippen molar-refractivity contribution in [3.63, 3.8) is 0 Å². The van der Waals surface area contributed by atoms with Crippen LogP contribution in [0.2, 0.25) is 0 Å². The quantitative estimate of drug-likeness (QED) is 0.563. The molecule has 0 spiro atoms. The topological polar surface area (TPSA) is 102 Å². The van der Waals surface area contributed by atoms with Crippen LogP contribution in [0.5, 0.6) is 0 Å². The van der Waals surface area contributed by atoms with Gasteiger partial charge in [0.1, 0.15) is 11.9 Å². The number of rotatable bonds is 7. The maximum Gasteiger partial charge on any atom is 0.414 e. The van der Waals surface area contributed by atoms with Crippen LogP contribution in [-0.4, -0.2) is 64.9 Å². The van der Waals surface area contributed by atoms with Gasteiger partial charge in [-0.05, 0) is 49.3 Å². The Bertz CT molecular complexity index is 854. The van der Waals surface area contributed by atoms with Gasteiger partial charge >= 0.3 is 6.09 Å². The molecule has 3 N–H and O–H groups in total. The average Bonchev–Trinajstić information content (AvgIpc) is 3.11. The molecule has 0 aromatic heterocycles. The number of piperidine rings is 1. The number of nitrogens with one attached hydrogen (secondary N) is 1. The van der Waals surface area contributed by atoms with E-state index in [2.05, 4.69) is 5.32 Å². The van der Waals surface area contributed by atoms with E-state index in [9.17, 15) is 23.1 Å². The highest BCUT2D eigenvalue weighted by molar-refractivity contribution is 8.25. The Morgan fingerprint density at radius 3 is 2.59 bits per heavy atom. The number of nitrogens with zero attached hydrogens (tertiary/aromatic N) is 2. The molecule has 1 aromatic carbocycles. The Kier molecular flexibility index (Phi) is 6.83. The molecule has 1 unspecified atom stereocenters. The van der Waals surface area contributed by atoms with E-state index < -0.39 is 22.8 Å². The van der Waals surface area contributed by atoms with Crippen LogP contribution in [0.25, 0.3) is 0 Å². The smallest absolute Gasteiger partial charge is 0.414 e. The predicted molar refractivity (Wildman–Crippen MR) is 123 cm³/mol. The Balaban J connectivity index is 1.32. The first-order chi connectivity index (χ1) is 15.3. The van der Waals surface area contributed by atoms with Crippen molar-refractivity contribution in [2.24, 2.45) is 11.8 Å². The third-order valence-corrected chi connectivity index (χ3v) is 8.55. The summed E-state index contributed by atoms with van der Waals surface area (Å²) in [5, 5.41) is 2.76. The van der Waals surface area contributed by atoms with E-state index in [0.717, 1.165) is 32.4 Å². The fraction of sp³-hybridized carbons (Fsp3) is 0.636. The molecular formula is C22H32FN3O5S. The average molecular weight is 470 g/mol. The second-order valence-electron chi connectivity index (χ2n) is 9.03. The molecule has 1 atom stereocenters. The highest BCUT2D eigenvalue weighted by Crippen LogP contribution is 2.55. The highest BCUT2D eigenvalue weighted by Gasteiger charge is 2.40. The normalized spacial score (nSPS) is 24.8. The molecule has 32 heavy (non-hydrogen) atoms. The SMILES string of the molecule is CCCC(=O)NCC1CN(c2ccc(N3CCC(C4CS(O)(O)C4)CC3)c(F)c2)C(=O)O1. The first kappa shape index (κ1) is 23.1. The van der Waals surface area contributed by atoms with Crippen molar-refractivity contribution in [2.75, 3.05) is 47.5 Å². The van der Waals surface area contributed by atoms with Gasteiger partial charge in [-0.25, -0.2) is 9.18 Å². The maximum atomic E-state index is 14.9. The van der Waals surface area contributed by atoms with E-state index in [1.54, 1.807) is 12.1 Å². The molecule has 3 aliphatic heterocycles. The number of hydrogen-bond donors (Lipinski definition) is 3. The lowest BCUT2D eigenvalue weighted by Gasteiger charge is -2.51. The number of anilines is 2. The molecule has 8 nitrogen and oxygen atoms in total. The number of cyclic esters (lactones) is 1. The van der Waals surface area contributed by atoms with Crippen LogP contribution in [0.3, 0.4) is 0 Å². The van der Waals surface area contributed by atoms with Gasteiger partial charge in [-0.15, -0.1) is 0 Å². The van der Waals surface area contributed by atoms with E-state index in [0.29, 0.717) is 41.1 Å². The Labute approximate surface area is 189 Å². The fourth-order valence-electron chi connectivity index (χ4n) is 4.82. The predicted octanol–water partition coefficient (Wildman–Crippen LogP) is 3.66. The molecule has 0 aliphatic carbocycles. The summed E-state index contributed by atoms with van der Waals surface area (Å²) in [4.78, 5) is 27.3. The summed E-state index contributed by atoms with van der Waals surface area (Å²) in [5.41, 5.74) is 0.953. The second kappa shape index (κ2) is 9.44. The molecule has 178 valence electrons. The second-order valence-corrected chi connectivity index (χ2v) is 11.3. The van der Waals surface area contributed by atoms with Gasteiger partial charge in [-0.2, -0.15) is 10.6 Å². The van der Waals surface area contributed by atoms with Gasteiger partial charge in [0.2, 0.25) is 5.91 Å². The van der Waals surface area contributed by atoms with Gasteiger partial charge in [0, 0.05) is 31.0 Å². The third-order valence-electron chi connectivity index (χ3n) is 6.63. The lowest BCUT2D eigenvalue weighted by atomic mass is 9.86. The summed E-state index contributed by atoms with van der Waals surface area (Å²) in [7, 11) is -2.32. The van der Waals surface area contributed by atoms with Crippen molar-refractivity contribution in [1.82, 2.24) is 5.32 Å². The van der Waals surface area contributed by atoms with Crippen molar-refractivity contribution >= 4 is 34.0 Å². The Hall–Kier alpha value is -2.04. The van der Waals surface area contributed by atoms with Gasteiger partial charge in [0.25, 0.3) is 0 Å². The van der Waals surface area contributed by atoms with E-state index in [-0.39, 0.29) is 24.8 Å². The van der Waals surface area contributed by atoms with Crippen LogP contribution >= 0.6 is 10.6 Å². The summed E-state index contributed by atoms with van der Waals surface area (Å²) in [6.45, 7) is 3.87. The number of carbonyl (C=O) groups excluding carboxylic acids is 2.